The van der Waals surface area contributed by atoms with Crippen LogP contribution in [0.1, 0.15) is 30.9 Å². The van der Waals surface area contributed by atoms with Crippen molar-refractivity contribution in [3.63, 3.8) is 0 Å². The van der Waals surface area contributed by atoms with E-state index in [-0.39, 0.29) is 31.6 Å². The lowest BCUT2D eigenvalue weighted by Crippen LogP contribution is -2.54. The van der Waals surface area contributed by atoms with Gasteiger partial charge in [0.1, 0.15) is 23.6 Å². The van der Waals surface area contributed by atoms with Crippen LogP contribution in [0.5, 0.6) is 0 Å². The van der Waals surface area contributed by atoms with E-state index in [0.717, 1.165) is 28.6 Å². The smallest absolute Gasteiger partial charge is 0.251 e. The van der Waals surface area contributed by atoms with Crippen molar-refractivity contribution < 1.29 is 31.9 Å². The van der Waals surface area contributed by atoms with Gasteiger partial charge in [0.25, 0.3) is 5.92 Å². The third-order valence-corrected chi connectivity index (χ3v) is 6.70. The quantitative estimate of drug-likeness (QED) is 0.305. The van der Waals surface area contributed by atoms with Crippen LogP contribution in [0.25, 0.3) is 10.9 Å². The number of rotatable bonds is 8. The Balaban J connectivity index is 1.46. The summed E-state index contributed by atoms with van der Waals surface area (Å²) in [5.41, 5.74) is 1.75. The number of nitrogens with zero attached hydrogens (tertiary/aromatic N) is 1. The third kappa shape index (κ3) is 6.51. The van der Waals surface area contributed by atoms with Crippen molar-refractivity contribution in [1.82, 2.24) is 20.5 Å². The molecule has 11 heteroatoms. The van der Waals surface area contributed by atoms with Crippen LogP contribution < -0.4 is 10.6 Å². The number of piperidine rings is 1. The molecule has 2 atom stereocenters. The number of nitrogens with one attached hydrogen (secondary N) is 3. The normalized spacial score (nSPS) is 16.6. The van der Waals surface area contributed by atoms with Gasteiger partial charge in [-0.25, -0.2) is 17.6 Å². The number of halogens is 4. The van der Waals surface area contributed by atoms with Gasteiger partial charge in [-0.2, -0.15) is 0 Å². The highest BCUT2D eigenvalue weighted by atomic mass is 19.3. The standard InChI is InChI=1S/C27H28F4N4O3/c1-16(24(36)33-14-17-10-19(28)13-20(29)11-17)25(37)34-23(26(38)35-8-6-27(30,31)7-9-35)12-18-15-32-22-5-3-2-4-21(18)22/h2-5,10-11,13,15-16,23,32H,6-9,12,14H2,1H3,(H,33,36)(H,34,37). The number of H-pyrrole nitrogens is 1. The van der Waals surface area contributed by atoms with Crippen molar-refractivity contribution in [3.05, 3.63) is 71.4 Å². The van der Waals surface area contributed by atoms with E-state index in [0.29, 0.717) is 6.07 Å². The molecule has 0 aliphatic carbocycles. The highest BCUT2D eigenvalue weighted by Gasteiger charge is 2.38. The van der Waals surface area contributed by atoms with Crippen LogP contribution in [-0.2, 0) is 27.3 Å². The number of hydrogen-bond acceptors (Lipinski definition) is 3. The maximum atomic E-state index is 13.7. The minimum absolute atomic E-state index is 0.0817. The van der Waals surface area contributed by atoms with Crippen LogP contribution >= 0.6 is 0 Å². The van der Waals surface area contributed by atoms with Crippen LogP contribution in [-0.4, -0.2) is 52.7 Å². The van der Waals surface area contributed by atoms with E-state index in [1.165, 1.54) is 11.8 Å². The van der Waals surface area contributed by atoms with Gasteiger partial charge in [-0.3, -0.25) is 14.4 Å². The molecule has 7 nitrogen and oxygen atoms in total. The summed E-state index contributed by atoms with van der Waals surface area (Å²) in [5, 5.41) is 5.93. The van der Waals surface area contributed by atoms with Gasteiger partial charge in [0.05, 0.1) is 0 Å². The fourth-order valence-electron chi connectivity index (χ4n) is 4.47. The molecule has 1 saturated heterocycles. The fourth-order valence-corrected chi connectivity index (χ4v) is 4.47. The largest absolute Gasteiger partial charge is 0.361 e. The first kappa shape index (κ1) is 27.2. The summed E-state index contributed by atoms with van der Waals surface area (Å²) < 4.78 is 54.2. The van der Waals surface area contributed by atoms with Crippen LogP contribution in [0.4, 0.5) is 17.6 Å². The minimum Gasteiger partial charge on any atom is -0.361 e. The molecule has 0 radical (unpaired) electrons. The van der Waals surface area contributed by atoms with Crippen molar-refractivity contribution in [3.8, 4) is 0 Å². The van der Waals surface area contributed by atoms with Crippen LogP contribution in [0, 0.1) is 17.6 Å². The molecule has 0 bridgehead atoms. The Labute approximate surface area is 216 Å². The summed E-state index contributed by atoms with van der Waals surface area (Å²) in [4.78, 5) is 43.4. The number of fused-ring (bicyclic) bond motifs is 1. The van der Waals surface area contributed by atoms with E-state index < -0.39 is 60.1 Å². The van der Waals surface area contributed by atoms with E-state index in [2.05, 4.69) is 15.6 Å². The summed E-state index contributed by atoms with van der Waals surface area (Å²) >= 11 is 0. The molecule has 38 heavy (non-hydrogen) atoms. The second-order valence-electron chi connectivity index (χ2n) is 9.52. The van der Waals surface area contributed by atoms with Crippen molar-refractivity contribution in [2.24, 2.45) is 5.92 Å². The number of alkyl halides is 2. The summed E-state index contributed by atoms with van der Waals surface area (Å²) in [6.45, 7) is 0.842. The van der Waals surface area contributed by atoms with E-state index >= 15 is 0 Å². The Bertz CT molecular complexity index is 1310. The molecule has 1 aliphatic rings. The Kier molecular flexibility index (Phi) is 8.03. The number of hydrogen-bond donors (Lipinski definition) is 3. The first-order valence-electron chi connectivity index (χ1n) is 12.3. The van der Waals surface area contributed by atoms with Crippen LogP contribution in [0.15, 0.2) is 48.7 Å². The maximum Gasteiger partial charge on any atom is 0.251 e. The Morgan fingerprint density at radius 3 is 2.37 bits per heavy atom. The molecule has 1 aromatic heterocycles. The number of para-hydroxylation sites is 1. The molecule has 3 N–H and O–H groups in total. The molecule has 1 fully saturated rings. The zero-order valence-electron chi connectivity index (χ0n) is 20.7. The lowest BCUT2D eigenvalue weighted by Gasteiger charge is -2.34. The van der Waals surface area contributed by atoms with Crippen LogP contribution in [0.2, 0.25) is 0 Å². The lowest BCUT2D eigenvalue weighted by atomic mass is 10.0. The highest BCUT2D eigenvalue weighted by Crippen LogP contribution is 2.28. The second-order valence-corrected chi connectivity index (χ2v) is 9.52. The molecule has 202 valence electrons. The monoisotopic (exact) mass is 532 g/mol. The molecule has 4 rings (SSSR count). The molecule has 0 spiro atoms. The van der Waals surface area contributed by atoms with E-state index in [4.69, 9.17) is 0 Å². The Morgan fingerprint density at radius 2 is 1.68 bits per heavy atom. The molecule has 2 aromatic carbocycles. The van der Waals surface area contributed by atoms with Gasteiger partial charge in [-0.05, 0) is 36.2 Å². The molecule has 2 heterocycles. The molecular formula is C27H28F4N4O3. The minimum atomic E-state index is -2.84. The zero-order chi connectivity index (χ0) is 27.4. The van der Waals surface area contributed by atoms with Gasteiger partial charge in [0, 0.05) is 62.1 Å². The summed E-state index contributed by atoms with van der Waals surface area (Å²) in [5.74, 6) is -7.64. The van der Waals surface area contributed by atoms with Gasteiger partial charge in [0.15, 0.2) is 0 Å². The average Bonchev–Trinajstić information content (AvgIpc) is 3.28. The molecular weight excluding hydrogens is 504 g/mol. The summed E-state index contributed by atoms with van der Waals surface area (Å²) in [6.07, 6.45) is 0.867. The third-order valence-electron chi connectivity index (χ3n) is 6.70. The Morgan fingerprint density at radius 1 is 1.03 bits per heavy atom. The number of carbonyl (C=O) groups is 3. The molecule has 0 saturated carbocycles. The lowest BCUT2D eigenvalue weighted by molar-refractivity contribution is -0.143. The molecule has 1 aliphatic heterocycles. The first-order valence-corrected chi connectivity index (χ1v) is 12.3. The highest BCUT2D eigenvalue weighted by molar-refractivity contribution is 6.01. The van der Waals surface area contributed by atoms with E-state index in [9.17, 15) is 31.9 Å². The number of likely N-dealkylation sites (tertiary alicyclic amines) is 1. The van der Waals surface area contributed by atoms with E-state index in [1.807, 2.05) is 24.3 Å². The van der Waals surface area contributed by atoms with Crippen molar-refractivity contribution in [1.29, 1.82) is 0 Å². The predicted molar refractivity (Wildman–Crippen MR) is 132 cm³/mol. The van der Waals surface area contributed by atoms with Gasteiger partial charge in [-0.15, -0.1) is 0 Å². The topological polar surface area (TPSA) is 94.3 Å². The van der Waals surface area contributed by atoms with Crippen molar-refractivity contribution in [2.45, 2.75) is 44.7 Å². The Hall–Kier alpha value is -3.89. The molecule has 3 aromatic rings. The average molecular weight is 533 g/mol. The maximum absolute atomic E-state index is 13.7. The van der Waals surface area contributed by atoms with Gasteiger partial charge < -0.3 is 20.5 Å². The second kappa shape index (κ2) is 11.2. The molecule has 2 unspecified atom stereocenters. The number of aromatic nitrogens is 1. The number of carbonyl (C=O) groups excluding carboxylic acids is 3. The van der Waals surface area contributed by atoms with Crippen molar-refractivity contribution in [2.75, 3.05) is 13.1 Å². The SMILES string of the molecule is CC(C(=O)NCc1cc(F)cc(F)c1)C(=O)NC(Cc1c[nH]c2ccccc12)C(=O)N1CCC(F)(F)CC1. The van der Waals surface area contributed by atoms with Gasteiger partial charge >= 0.3 is 0 Å². The number of benzene rings is 2. The van der Waals surface area contributed by atoms with Crippen LogP contribution in [0.3, 0.4) is 0 Å². The zero-order valence-corrected chi connectivity index (χ0v) is 20.7. The summed E-state index contributed by atoms with van der Waals surface area (Å²) in [7, 11) is 0. The first-order chi connectivity index (χ1) is 18.0. The van der Waals surface area contributed by atoms with E-state index in [1.54, 1.807) is 6.20 Å². The fraction of sp³-hybridized carbons (Fsp3) is 0.370. The van der Waals surface area contributed by atoms with Crippen molar-refractivity contribution >= 4 is 28.6 Å². The predicted octanol–water partition coefficient (Wildman–Crippen LogP) is 3.68. The van der Waals surface area contributed by atoms with Gasteiger partial charge in [-0.1, -0.05) is 18.2 Å². The number of aromatic amines is 1. The molecule has 3 amide bonds. The number of amides is 3. The summed E-state index contributed by atoms with van der Waals surface area (Å²) in [6, 6.07) is 9.13. The van der Waals surface area contributed by atoms with Gasteiger partial charge in [0.2, 0.25) is 17.7 Å².